The number of nitrogens with zero attached hydrogens (tertiary/aromatic N) is 1. The van der Waals surface area contributed by atoms with E-state index in [4.69, 9.17) is 41.8 Å². The number of ether oxygens (including phenoxy) is 3. The molecule has 3 aromatic rings. The van der Waals surface area contributed by atoms with Gasteiger partial charge in [-0.3, -0.25) is 0 Å². The summed E-state index contributed by atoms with van der Waals surface area (Å²) in [6.07, 6.45) is 5.04. The second-order valence-electron chi connectivity index (χ2n) is 7.37. The van der Waals surface area contributed by atoms with Crippen molar-refractivity contribution >= 4 is 29.2 Å². The van der Waals surface area contributed by atoms with Crippen LogP contribution in [-0.4, -0.2) is 35.9 Å². The lowest BCUT2D eigenvalue weighted by Gasteiger charge is -2.28. The minimum absolute atomic E-state index is 0.0876. The monoisotopic (exact) mass is 477 g/mol. The first-order chi connectivity index (χ1) is 15.5. The smallest absolute Gasteiger partial charge is 0.372 e. The summed E-state index contributed by atoms with van der Waals surface area (Å²) in [5.74, 6) is -0.238. The molecule has 7 nitrogen and oxygen atoms in total. The Morgan fingerprint density at radius 2 is 2.00 bits per heavy atom. The minimum Gasteiger partial charge on any atom is -0.488 e. The van der Waals surface area contributed by atoms with Crippen LogP contribution >= 0.6 is 23.2 Å². The van der Waals surface area contributed by atoms with Gasteiger partial charge in [0, 0.05) is 35.9 Å². The molecule has 0 spiro atoms. The van der Waals surface area contributed by atoms with Crippen LogP contribution in [-0.2, 0) is 16.8 Å². The highest BCUT2D eigenvalue weighted by Crippen LogP contribution is 2.41. The van der Waals surface area contributed by atoms with E-state index in [1.165, 1.54) is 6.26 Å². The minimum atomic E-state index is -1.11. The van der Waals surface area contributed by atoms with Gasteiger partial charge in [-0.15, -0.1) is 0 Å². The molecule has 1 aliphatic heterocycles. The van der Waals surface area contributed by atoms with Gasteiger partial charge in [-0.25, -0.2) is 9.78 Å². The van der Waals surface area contributed by atoms with Crippen molar-refractivity contribution in [3.05, 3.63) is 75.8 Å². The van der Waals surface area contributed by atoms with Gasteiger partial charge in [-0.2, -0.15) is 0 Å². The third-order valence-corrected chi connectivity index (χ3v) is 5.76. The zero-order valence-electron chi connectivity index (χ0n) is 17.1. The molecule has 1 fully saturated rings. The standard InChI is InChI=1S/C23H21Cl2NO6/c24-16-2-3-19(18(25)13-16)29-10-11-30-20-12-15(4-7-26-20)14-23(6-1-8-32-23)17-5-9-31-21(17)22(27)28/h2-5,7,9,12-13H,1,6,8,10-11,14H2,(H,27,28). The number of carboxylic acids is 1. The van der Waals surface area contributed by atoms with Crippen LogP contribution < -0.4 is 9.47 Å². The lowest BCUT2D eigenvalue weighted by Crippen LogP contribution is -2.29. The summed E-state index contributed by atoms with van der Waals surface area (Å²) in [6, 6.07) is 10.4. The molecule has 2 aromatic heterocycles. The van der Waals surface area contributed by atoms with E-state index in [2.05, 4.69) is 4.98 Å². The van der Waals surface area contributed by atoms with Crippen LogP contribution in [0.4, 0.5) is 0 Å². The maximum absolute atomic E-state index is 11.6. The highest BCUT2D eigenvalue weighted by Gasteiger charge is 2.41. The Hall–Kier alpha value is -2.74. The van der Waals surface area contributed by atoms with E-state index >= 15 is 0 Å². The first-order valence-corrected chi connectivity index (χ1v) is 10.8. The molecule has 0 saturated carbocycles. The molecule has 168 valence electrons. The van der Waals surface area contributed by atoms with Crippen LogP contribution in [0.2, 0.25) is 10.0 Å². The van der Waals surface area contributed by atoms with Crippen molar-refractivity contribution in [3.8, 4) is 11.6 Å². The molecule has 1 aromatic carbocycles. The molecule has 0 radical (unpaired) electrons. The predicted octanol–water partition coefficient (Wildman–Crippen LogP) is 5.39. The van der Waals surface area contributed by atoms with E-state index in [0.29, 0.717) is 46.7 Å². The molecular formula is C23H21Cl2NO6. The number of carboxylic acid groups (broad SMARTS) is 1. The lowest BCUT2D eigenvalue weighted by atomic mass is 9.85. The fourth-order valence-corrected chi connectivity index (χ4v) is 4.30. The van der Waals surface area contributed by atoms with Crippen LogP contribution in [0.25, 0.3) is 0 Å². The van der Waals surface area contributed by atoms with Crippen molar-refractivity contribution in [1.82, 2.24) is 4.98 Å². The van der Waals surface area contributed by atoms with Crippen molar-refractivity contribution in [1.29, 1.82) is 0 Å². The van der Waals surface area contributed by atoms with Crippen LogP contribution in [0.15, 0.2) is 53.3 Å². The molecule has 0 aliphatic carbocycles. The van der Waals surface area contributed by atoms with Gasteiger partial charge in [0.15, 0.2) is 0 Å². The number of aromatic nitrogens is 1. The zero-order valence-corrected chi connectivity index (χ0v) is 18.6. The fraction of sp³-hybridized carbons (Fsp3) is 0.304. The highest BCUT2D eigenvalue weighted by atomic mass is 35.5. The van der Waals surface area contributed by atoms with Gasteiger partial charge in [0.2, 0.25) is 11.6 Å². The van der Waals surface area contributed by atoms with Crippen molar-refractivity contribution in [2.24, 2.45) is 0 Å². The van der Waals surface area contributed by atoms with E-state index in [1.807, 2.05) is 12.1 Å². The largest absolute Gasteiger partial charge is 0.488 e. The molecule has 4 rings (SSSR count). The van der Waals surface area contributed by atoms with Gasteiger partial charge in [-0.05, 0) is 48.7 Å². The molecule has 1 atom stereocenters. The number of benzene rings is 1. The van der Waals surface area contributed by atoms with E-state index in [1.54, 1.807) is 30.5 Å². The van der Waals surface area contributed by atoms with Gasteiger partial charge < -0.3 is 23.7 Å². The number of aromatic carboxylic acids is 1. The van der Waals surface area contributed by atoms with Crippen LogP contribution in [0.5, 0.6) is 11.6 Å². The first kappa shape index (κ1) is 22.5. The highest BCUT2D eigenvalue weighted by molar-refractivity contribution is 6.35. The predicted molar refractivity (Wildman–Crippen MR) is 118 cm³/mol. The molecule has 1 unspecified atom stereocenters. The fourth-order valence-electron chi connectivity index (χ4n) is 3.84. The summed E-state index contributed by atoms with van der Waals surface area (Å²) < 4.78 is 22.6. The summed E-state index contributed by atoms with van der Waals surface area (Å²) in [5, 5.41) is 10.4. The van der Waals surface area contributed by atoms with Gasteiger partial charge in [-0.1, -0.05) is 23.2 Å². The molecule has 1 saturated heterocycles. The number of pyridine rings is 1. The topological polar surface area (TPSA) is 91.0 Å². The molecule has 1 aliphatic rings. The Bertz CT molecular complexity index is 1090. The summed E-state index contributed by atoms with van der Waals surface area (Å²) >= 11 is 12.0. The van der Waals surface area contributed by atoms with Crippen LogP contribution in [0.3, 0.4) is 0 Å². The second-order valence-corrected chi connectivity index (χ2v) is 8.21. The van der Waals surface area contributed by atoms with E-state index in [-0.39, 0.29) is 19.0 Å². The molecule has 3 heterocycles. The van der Waals surface area contributed by atoms with E-state index in [0.717, 1.165) is 12.0 Å². The maximum atomic E-state index is 11.6. The van der Waals surface area contributed by atoms with Crippen LogP contribution in [0.1, 0.15) is 34.5 Å². The number of carbonyl (C=O) groups is 1. The van der Waals surface area contributed by atoms with Crippen molar-refractivity contribution < 1.29 is 28.5 Å². The third kappa shape index (κ3) is 5.01. The Labute approximate surface area is 194 Å². The maximum Gasteiger partial charge on any atom is 0.372 e. The molecule has 32 heavy (non-hydrogen) atoms. The number of halogens is 2. The third-order valence-electron chi connectivity index (χ3n) is 5.23. The number of hydrogen-bond donors (Lipinski definition) is 1. The van der Waals surface area contributed by atoms with E-state index < -0.39 is 11.6 Å². The Morgan fingerprint density at radius 3 is 2.75 bits per heavy atom. The first-order valence-electron chi connectivity index (χ1n) is 10.1. The average Bonchev–Trinajstić information content (AvgIpc) is 3.43. The van der Waals surface area contributed by atoms with Crippen molar-refractivity contribution in [2.75, 3.05) is 19.8 Å². The summed E-state index contributed by atoms with van der Waals surface area (Å²) in [7, 11) is 0. The molecule has 1 N–H and O–H groups in total. The van der Waals surface area contributed by atoms with Crippen molar-refractivity contribution in [2.45, 2.75) is 24.9 Å². The average molecular weight is 478 g/mol. The molecule has 9 heteroatoms. The molecule has 0 amide bonds. The van der Waals surface area contributed by atoms with Crippen LogP contribution in [0, 0.1) is 0 Å². The SMILES string of the molecule is O=C(O)c1occc1C1(Cc2ccnc(OCCOc3ccc(Cl)cc3Cl)c2)CCCO1. The Balaban J connectivity index is 1.41. The summed E-state index contributed by atoms with van der Waals surface area (Å²) in [4.78, 5) is 15.8. The zero-order chi connectivity index (χ0) is 22.6. The summed E-state index contributed by atoms with van der Waals surface area (Å²) in [5.41, 5.74) is 0.708. The number of hydrogen-bond acceptors (Lipinski definition) is 6. The molecular weight excluding hydrogens is 457 g/mol. The van der Waals surface area contributed by atoms with Gasteiger partial charge in [0.25, 0.3) is 0 Å². The number of furan rings is 1. The normalized spacial score (nSPS) is 17.9. The van der Waals surface area contributed by atoms with Gasteiger partial charge in [0.05, 0.1) is 11.3 Å². The van der Waals surface area contributed by atoms with Crippen molar-refractivity contribution in [3.63, 3.8) is 0 Å². The van der Waals surface area contributed by atoms with E-state index in [9.17, 15) is 9.90 Å². The molecule has 0 bridgehead atoms. The summed E-state index contributed by atoms with van der Waals surface area (Å²) in [6.45, 7) is 1.10. The second kappa shape index (κ2) is 9.81. The Morgan fingerprint density at radius 1 is 1.16 bits per heavy atom. The van der Waals surface area contributed by atoms with Gasteiger partial charge in [0.1, 0.15) is 24.6 Å². The Kier molecular flexibility index (Phi) is 6.89. The lowest BCUT2D eigenvalue weighted by molar-refractivity contribution is -0.00172. The number of rotatable bonds is 9. The quantitative estimate of drug-likeness (QED) is 0.413. The van der Waals surface area contributed by atoms with Gasteiger partial charge >= 0.3 is 5.97 Å².